The summed E-state index contributed by atoms with van der Waals surface area (Å²) in [6.45, 7) is 8.11. The van der Waals surface area contributed by atoms with Gasteiger partial charge in [-0.1, -0.05) is 0 Å². The summed E-state index contributed by atoms with van der Waals surface area (Å²) < 4.78 is 0. The lowest BCUT2D eigenvalue weighted by Crippen LogP contribution is -2.27. The standard InChI is InChI=1S/C11H18N2S/c1-10-3-8-14-11(10)9-13-6-2-4-12-5-7-13/h3,8,12H,2,4-7,9H2,1H3. The van der Waals surface area contributed by atoms with Gasteiger partial charge in [0, 0.05) is 24.5 Å². The maximum atomic E-state index is 3.43. The van der Waals surface area contributed by atoms with E-state index in [2.05, 4.69) is 28.6 Å². The van der Waals surface area contributed by atoms with Gasteiger partial charge in [-0.3, -0.25) is 4.90 Å². The third-order valence-electron chi connectivity index (χ3n) is 2.77. The minimum absolute atomic E-state index is 1.14. The van der Waals surface area contributed by atoms with Crippen LogP contribution in [0.1, 0.15) is 16.9 Å². The molecule has 1 N–H and O–H groups in total. The molecular weight excluding hydrogens is 192 g/mol. The highest BCUT2D eigenvalue weighted by Gasteiger charge is 2.10. The number of hydrogen-bond acceptors (Lipinski definition) is 3. The summed E-state index contributed by atoms with van der Waals surface area (Å²) in [6, 6.07) is 2.22. The zero-order chi connectivity index (χ0) is 9.80. The van der Waals surface area contributed by atoms with Crippen molar-refractivity contribution in [1.82, 2.24) is 10.2 Å². The SMILES string of the molecule is Cc1ccsc1CN1CCCNCC1. The number of thiophene rings is 1. The van der Waals surface area contributed by atoms with E-state index in [1.807, 2.05) is 11.3 Å². The molecule has 0 saturated carbocycles. The molecule has 3 heteroatoms. The second-order valence-corrected chi connectivity index (χ2v) is 4.91. The van der Waals surface area contributed by atoms with Crippen LogP contribution in [0, 0.1) is 6.92 Å². The molecule has 2 rings (SSSR count). The van der Waals surface area contributed by atoms with Crippen molar-refractivity contribution >= 4 is 11.3 Å². The maximum absolute atomic E-state index is 3.43. The molecule has 1 fully saturated rings. The lowest BCUT2D eigenvalue weighted by Gasteiger charge is -2.18. The summed E-state index contributed by atoms with van der Waals surface area (Å²) in [5, 5.41) is 5.63. The Morgan fingerprint density at radius 3 is 3.14 bits per heavy atom. The predicted octanol–water partition coefficient (Wildman–Crippen LogP) is 1.85. The van der Waals surface area contributed by atoms with Gasteiger partial charge >= 0.3 is 0 Å². The van der Waals surface area contributed by atoms with Gasteiger partial charge < -0.3 is 5.32 Å². The van der Waals surface area contributed by atoms with Crippen LogP contribution >= 0.6 is 11.3 Å². The Labute approximate surface area is 89.9 Å². The monoisotopic (exact) mass is 210 g/mol. The lowest BCUT2D eigenvalue weighted by molar-refractivity contribution is 0.286. The normalized spacial score (nSPS) is 19.5. The molecule has 1 aromatic rings. The van der Waals surface area contributed by atoms with E-state index in [-0.39, 0.29) is 0 Å². The van der Waals surface area contributed by atoms with Gasteiger partial charge in [0.15, 0.2) is 0 Å². The van der Waals surface area contributed by atoms with Crippen molar-refractivity contribution in [1.29, 1.82) is 0 Å². The largest absolute Gasteiger partial charge is 0.315 e. The van der Waals surface area contributed by atoms with Crippen molar-refractivity contribution in [2.75, 3.05) is 26.2 Å². The fraction of sp³-hybridized carbons (Fsp3) is 0.636. The number of aryl methyl sites for hydroxylation is 1. The first-order chi connectivity index (χ1) is 6.86. The third-order valence-corrected chi connectivity index (χ3v) is 3.78. The van der Waals surface area contributed by atoms with Gasteiger partial charge in [0.1, 0.15) is 0 Å². The van der Waals surface area contributed by atoms with Crippen molar-refractivity contribution in [3.8, 4) is 0 Å². The van der Waals surface area contributed by atoms with Crippen molar-refractivity contribution in [2.45, 2.75) is 19.9 Å². The highest BCUT2D eigenvalue weighted by atomic mass is 32.1. The van der Waals surface area contributed by atoms with Gasteiger partial charge in [-0.15, -0.1) is 11.3 Å². The fourth-order valence-corrected chi connectivity index (χ4v) is 2.78. The van der Waals surface area contributed by atoms with E-state index in [1.54, 1.807) is 0 Å². The average Bonchev–Trinajstić information content (AvgIpc) is 2.44. The Hall–Kier alpha value is -0.380. The molecule has 0 unspecified atom stereocenters. The summed E-state index contributed by atoms with van der Waals surface area (Å²) in [4.78, 5) is 4.09. The molecule has 1 aliphatic heterocycles. The van der Waals surface area contributed by atoms with E-state index in [4.69, 9.17) is 0 Å². The van der Waals surface area contributed by atoms with Crippen LogP contribution in [0.5, 0.6) is 0 Å². The molecule has 1 saturated heterocycles. The van der Waals surface area contributed by atoms with Crippen molar-refractivity contribution in [3.63, 3.8) is 0 Å². The Morgan fingerprint density at radius 1 is 1.43 bits per heavy atom. The molecule has 14 heavy (non-hydrogen) atoms. The first kappa shape index (κ1) is 10.1. The number of nitrogens with one attached hydrogen (secondary N) is 1. The van der Waals surface area contributed by atoms with Crippen LogP contribution in [0.15, 0.2) is 11.4 Å². The molecule has 0 aliphatic carbocycles. The van der Waals surface area contributed by atoms with Crippen LogP contribution in [-0.2, 0) is 6.54 Å². The Balaban J connectivity index is 1.92. The summed E-state index contributed by atoms with van der Waals surface area (Å²) in [5.41, 5.74) is 1.45. The maximum Gasteiger partial charge on any atom is 0.0331 e. The third kappa shape index (κ3) is 2.56. The van der Waals surface area contributed by atoms with Gasteiger partial charge in [0.2, 0.25) is 0 Å². The van der Waals surface area contributed by atoms with Gasteiger partial charge in [-0.05, 0) is 43.4 Å². The van der Waals surface area contributed by atoms with Crippen molar-refractivity contribution in [2.24, 2.45) is 0 Å². The van der Waals surface area contributed by atoms with Gasteiger partial charge in [-0.2, -0.15) is 0 Å². The minimum Gasteiger partial charge on any atom is -0.315 e. The van der Waals surface area contributed by atoms with Crippen LogP contribution in [0.3, 0.4) is 0 Å². The van der Waals surface area contributed by atoms with Crippen LogP contribution in [0.4, 0.5) is 0 Å². The molecular formula is C11H18N2S. The lowest BCUT2D eigenvalue weighted by atomic mass is 10.2. The van der Waals surface area contributed by atoms with E-state index < -0.39 is 0 Å². The Morgan fingerprint density at radius 2 is 2.36 bits per heavy atom. The second-order valence-electron chi connectivity index (χ2n) is 3.91. The molecule has 0 atom stereocenters. The molecule has 2 heterocycles. The average molecular weight is 210 g/mol. The summed E-state index contributed by atoms with van der Waals surface area (Å²) in [5.74, 6) is 0. The number of rotatable bonds is 2. The molecule has 2 nitrogen and oxygen atoms in total. The Bertz CT molecular complexity index is 275. The number of nitrogens with zero attached hydrogens (tertiary/aromatic N) is 1. The fourth-order valence-electron chi connectivity index (χ4n) is 1.83. The molecule has 78 valence electrons. The topological polar surface area (TPSA) is 15.3 Å². The molecule has 0 spiro atoms. The van der Waals surface area contributed by atoms with E-state index in [0.717, 1.165) is 13.1 Å². The van der Waals surface area contributed by atoms with E-state index in [9.17, 15) is 0 Å². The van der Waals surface area contributed by atoms with E-state index in [1.165, 1.54) is 36.5 Å². The summed E-state index contributed by atoms with van der Waals surface area (Å²) in [7, 11) is 0. The molecule has 0 radical (unpaired) electrons. The first-order valence-corrected chi connectivity index (χ1v) is 6.20. The van der Waals surface area contributed by atoms with Crippen LogP contribution in [-0.4, -0.2) is 31.1 Å². The summed E-state index contributed by atoms with van der Waals surface area (Å²) in [6.07, 6.45) is 1.28. The molecule has 0 amide bonds. The molecule has 1 aliphatic rings. The minimum atomic E-state index is 1.14. The van der Waals surface area contributed by atoms with Gasteiger partial charge in [0.25, 0.3) is 0 Å². The number of hydrogen-bond donors (Lipinski definition) is 1. The summed E-state index contributed by atoms with van der Waals surface area (Å²) >= 11 is 1.89. The highest BCUT2D eigenvalue weighted by Crippen LogP contribution is 2.17. The predicted molar refractivity (Wildman–Crippen MR) is 61.8 cm³/mol. The smallest absolute Gasteiger partial charge is 0.0331 e. The molecule has 1 aromatic heterocycles. The molecule has 0 aromatic carbocycles. The quantitative estimate of drug-likeness (QED) is 0.801. The Kier molecular flexibility index (Phi) is 3.56. The second kappa shape index (κ2) is 4.91. The van der Waals surface area contributed by atoms with Gasteiger partial charge in [-0.25, -0.2) is 0 Å². The van der Waals surface area contributed by atoms with E-state index in [0.29, 0.717) is 0 Å². The molecule has 0 bridgehead atoms. The van der Waals surface area contributed by atoms with Crippen LogP contribution in [0.2, 0.25) is 0 Å². The van der Waals surface area contributed by atoms with E-state index >= 15 is 0 Å². The van der Waals surface area contributed by atoms with Crippen LogP contribution < -0.4 is 5.32 Å². The highest BCUT2D eigenvalue weighted by molar-refractivity contribution is 7.10. The van der Waals surface area contributed by atoms with Crippen molar-refractivity contribution < 1.29 is 0 Å². The van der Waals surface area contributed by atoms with Gasteiger partial charge in [0.05, 0.1) is 0 Å². The zero-order valence-electron chi connectivity index (χ0n) is 8.75. The van der Waals surface area contributed by atoms with Crippen LogP contribution in [0.25, 0.3) is 0 Å². The van der Waals surface area contributed by atoms with Crippen molar-refractivity contribution in [3.05, 3.63) is 21.9 Å². The first-order valence-electron chi connectivity index (χ1n) is 5.32. The zero-order valence-corrected chi connectivity index (χ0v) is 9.57.